The van der Waals surface area contributed by atoms with Crippen LogP contribution >= 0.6 is 11.8 Å². The number of aromatic nitrogens is 1. The number of hydrogen-bond donors (Lipinski definition) is 2. The Labute approximate surface area is 105 Å². The van der Waals surface area contributed by atoms with E-state index in [1.807, 2.05) is 23.9 Å². The molecule has 5 nitrogen and oxygen atoms in total. The van der Waals surface area contributed by atoms with Crippen LogP contribution < -0.4 is 10.6 Å². The first-order chi connectivity index (χ1) is 8.31. The number of amidine groups is 1. The Morgan fingerprint density at radius 3 is 3.18 bits per heavy atom. The fraction of sp³-hybridized carbons (Fsp3) is 0.455. The second-order valence-electron chi connectivity index (χ2n) is 3.84. The third-order valence-electron chi connectivity index (χ3n) is 2.70. The van der Waals surface area contributed by atoms with Gasteiger partial charge in [0.1, 0.15) is 5.69 Å². The highest BCUT2D eigenvalue weighted by atomic mass is 32.2. The molecule has 0 radical (unpaired) electrons. The summed E-state index contributed by atoms with van der Waals surface area (Å²) in [5.74, 6) is 2.41. The molecule has 6 heteroatoms. The zero-order chi connectivity index (χ0) is 12.1. The predicted molar refractivity (Wildman–Crippen MR) is 70.9 cm³/mol. The Kier molecular flexibility index (Phi) is 4.08. The highest BCUT2D eigenvalue weighted by molar-refractivity contribution is 7.99. The van der Waals surface area contributed by atoms with Crippen molar-refractivity contribution >= 4 is 23.3 Å². The van der Waals surface area contributed by atoms with Gasteiger partial charge in [0.25, 0.3) is 0 Å². The Bertz CT molecular complexity index is 402. The van der Waals surface area contributed by atoms with Gasteiger partial charge in [0.2, 0.25) is 0 Å². The van der Waals surface area contributed by atoms with E-state index < -0.39 is 0 Å². The summed E-state index contributed by atoms with van der Waals surface area (Å²) in [6.45, 7) is 2.08. The first-order valence-corrected chi connectivity index (χ1v) is 6.73. The summed E-state index contributed by atoms with van der Waals surface area (Å²) in [6.07, 6.45) is 2.88. The van der Waals surface area contributed by atoms with Crippen LogP contribution in [0.2, 0.25) is 0 Å². The summed E-state index contributed by atoms with van der Waals surface area (Å²) < 4.78 is 0. The number of anilines is 1. The zero-order valence-corrected chi connectivity index (χ0v) is 10.4. The summed E-state index contributed by atoms with van der Waals surface area (Å²) in [7, 11) is 0. The van der Waals surface area contributed by atoms with Crippen LogP contribution in [-0.4, -0.2) is 40.6 Å². The number of rotatable bonds is 2. The van der Waals surface area contributed by atoms with Crippen molar-refractivity contribution in [1.82, 2.24) is 4.98 Å². The van der Waals surface area contributed by atoms with Crippen LogP contribution in [0.25, 0.3) is 0 Å². The van der Waals surface area contributed by atoms with Gasteiger partial charge < -0.3 is 15.8 Å². The molecule has 17 heavy (non-hydrogen) atoms. The maximum atomic E-state index is 8.64. The van der Waals surface area contributed by atoms with Crippen LogP contribution in [0.15, 0.2) is 23.5 Å². The minimum Gasteiger partial charge on any atom is -0.409 e. The van der Waals surface area contributed by atoms with E-state index in [0.29, 0.717) is 5.69 Å². The Morgan fingerprint density at radius 1 is 1.47 bits per heavy atom. The normalized spacial score (nSPS) is 17.9. The molecular weight excluding hydrogens is 236 g/mol. The molecule has 2 rings (SSSR count). The molecule has 0 aromatic carbocycles. The second-order valence-corrected chi connectivity index (χ2v) is 5.06. The monoisotopic (exact) mass is 252 g/mol. The maximum Gasteiger partial charge on any atom is 0.188 e. The third-order valence-corrected chi connectivity index (χ3v) is 3.75. The van der Waals surface area contributed by atoms with Crippen LogP contribution in [0.1, 0.15) is 12.1 Å². The van der Waals surface area contributed by atoms with Gasteiger partial charge >= 0.3 is 0 Å². The number of thioether (sulfide) groups is 1. The topological polar surface area (TPSA) is 74.7 Å². The summed E-state index contributed by atoms with van der Waals surface area (Å²) in [5, 5.41) is 11.6. The van der Waals surface area contributed by atoms with Gasteiger partial charge in [0.15, 0.2) is 5.84 Å². The van der Waals surface area contributed by atoms with Crippen LogP contribution in [0.4, 0.5) is 5.69 Å². The van der Waals surface area contributed by atoms with Gasteiger partial charge in [-0.25, -0.2) is 0 Å². The average Bonchev–Trinajstić information content (AvgIpc) is 2.67. The van der Waals surface area contributed by atoms with Crippen LogP contribution in [0, 0.1) is 0 Å². The Hall–Kier alpha value is -1.43. The van der Waals surface area contributed by atoms with Crippen molar-refractivity contribution in [2.24, 2.45) is 10.9 Å². The number of hydrogen-bond acceptors (Lipinski definition) is 5. The summed E-state index contributed by atoms with van der Waals surface area (Å²) >= 11 is 1.98. The first kappa shape index (κ1) is 12.0. The van der Waals surface area contributed by atoms with Gasteiger partial charge in [-0.05, 0) is 24.3 Å². The zero-order valence-electron chi connectivity index (χ0n) is 9.54. The first-order valence-electron chi connectivity index (χ1n) is 5.58. The predicted octanol–water partition coefficient (Wildman–Crippen LogP) is 1.12. The fourth-order valence-electron chi connectivity index (χ4n) is 1.81. The lowest BCUT2D eigenvalue weighted by Crippen LogP contribution is -2.26. The lowest BCUT2D eigenvalue weighted by molar-refractivity contribution is 0.318. The molecule has 1 aliphatic heterocycles. The summed E-state index contributed by atoms with van der Waals surface area (Å²) in [6, 6.07) is 3.83. The van der Waals surface area contributed by atoms with Gasteiger partial charge in [-0.1, -0.05) is 5.16 Å². The molecule has 0 amide bonds. The maximum absolute atomic E-state index is 8.64. The van der Waals surface area contributed by atoms with E-state index in [9.17, 15) is 0 Å². The van der Waals surface area contributed by atoms with Gasteiger partial charge in [-0.2, -0.15) is 11.8 Å². The lowest BCUT2D eigenvalue weighted by atomic mass is 10.2. The smallest absolute Gasteiger partial charge is 0.188 e. The molecule has 1 aromatic heterocycles. The van der Waals surface area contributed by atoms with Gasteiger partial charge in [-0.3, -0.25) is 4.98 Å². The molecule has 2 heterocycles. The SMILES string of the molecule is NC(=NO)c1cc(N2CCCSCC2)ccn1. The molecule has 1 aromatic rings. The van der Waals surface area contributed by atoms with Crippen LogP contribution in [0.3, 0.4) is 0 Å². The minimum absolute atomic E-state index is 0.0519. The van der Waals surface area contributed by atoms with Crippen LogP contribution in [-0.2, 0) is 0 Å². The van der Waals surface area contributed by atoms with E-state index in [0.717, 1.165) is 24.5 Å². The van der Waals surface area contributed by atoms with Crippen molar-refractivity contribution < 1.29 is 5.21 Å². The van der Waals surface area contributed by atoms with Gasteiger partial charge in [0.05, 0.1) is 0 Å². The summed E-state index contributed by atoms with van der Waals surface area (Å²) in [5.41, 5.74) is 7.14. The molecule has 0 atom stereocenters. The molecule has 1 saturated heterocycles. The Balaban J connectivity index is 2.19. The van der Waals surface area contributed by atoms with E-state index in [1.165, 1.54) is 12.2 Å². The van der Waals surface area contributed by atoms with E-state index >= 15 is 0 Å². The Morgan fingerprint density at radius 2 is 2.35 bits per heavy atom. The average molecular weight is 252 g/mol. The second kappa shape index (κ2) is 5.77. The molecule has 1 fully saturated rings. The number of nitrogens with two attached hydrogens (primary N) is 1. The van der Waals surface area contributed by atoms with E-state index in [-0.39, 0.29) is 5.84 Å². The largest absolute Gasteiger partial charge is 0.409 e. The van der Waals surface area contributed by atoms with E-state index in [1.54, 1.807) is 6.20 Å². The van der Waals surface area contributed by atoms with Gasteiger partial charge in [0, 0.05) is 30.7 Å². The molecular formula is C11H16N4OS. The van der Waals surface area contributed by atoms with E-state index in [2.05, 4.69) is 15.0 Å². The van der Waals surface area contributed by atoms with Crippen molar-refractivity contribution in [3.63, 3.8) is 0 Å². The highest BCUT2D eigenvalue weighted by Crippen LogP contribution is 2.19. The number of oxime groups is 1. The fourth-order valence-corrected chi connectivity index (χ4v) is 2.70. The molecule has 0 aliphatic carbocycles. The van der Waals surface area contributed by atoms with Crippen molar-refractivity contribution in [1.29, 1.82) is 0 Å². The van der Waals surface area contributed by atoms with Crippen LogP contribution in [0.5, 0.6) is 0 Å². The quantitative estimate of drug-likeness (QED) is 0.357. The highest BCUT2D eigenvalue weighted by Gasteiger charge is 2.11. The third kappa shape index (κ3) is 3.03. The molecule has 0 spiro atoms. The molecule has 0 bridgehead atoms. The van der Waals surface area contributed by atoms with Crippen molar-refractivity contribution in [2.75, 3.05) is 29.5 Å². The number of pyridine rings is 1. The van der Waals surface area contributed by atoms with Crippen molar-refractivity contribution in [3.8, 4) is 0 Å². The lowest BCUT2D eigenvalue weighted by Gasteiger charge is -2.22. The summed E-state index contributed by atoms with van der Waals surface area (Å²) in [4.78, 5) is 6.40. The van der Waals surface area contributed by atoms with Crippen molar-refractivity contribution in [3.05, 3.63) is 24.0 Å². The minimum atomic E-state index is 0.0519. The molecule has 0 saturated carbocycles. The molecule has 0 unspecified atom stereocenters. The van der Waals surface area contributed by atoms with Gasteiger partial charge in [-0.15, -0.1) is 0 Å². The van der Waals surface area contributed by atoms with Crippen molar-refractivity contribution in [2.45, 2.75) is 6.42 Å². The molecule has 3 N–H and O–H groups in total. The molecule has 1 aliphatic rings. The standard InChI is InChI=1S/C11H16N4OS/c12-11(14-16)10-8-9(2-3-13-10)15-4-1-6-17-7-5-15/h2-3,8,16H,1,4-7H2,(H2,12,14). The number of nitrogens with zero attached hydrogens (tertiary/aromatic N) is 3. The molecule has 92 valence electrons. The van der Waals surface area contributed by atoms with E-state index in [4.69, 9.17) is 10.9 Å².